The molecule has 0 bridgehead atoms. The van der Waals surface area contributed by atoms with Crippen molar-refractivity contribution in [3.05, 3.63) is 48.0 Å². The number of esters is 1. The lowest BCUT2D eigenvalue weighted by molar-refractivity contribution is -0.159. The van der Waals surface area contributed by atoms with Gasteiger partial charge in [-0.25, -0.2) is 0 Å². The standard InChI is InChI=1S/C23H32O3/c1-6-7-12-21(24)26-22(2,3)15-16-25-23(4,5)20-14-13-18-10-8-9-11-19(18)17-20/h8-11,13-14,17H,6-7,12,15-16H2,1-5H3. The van der Waals surface area contributed by atoms with Crippen LogP contribution in [0.15, 0.2) is 42.5 Å². The van der Waals surface area contributed by atoms with Crippen LogP contribution in [-0.4, -0.2) is 18.2 Å². The molecule has 0 aromatic heterocycles. The molecule has 0 aliphatic rings. The Hall–Kier alpha value is -1.87. The Morgan fingerprint density at radius 1 is 1.00 bits per heavy atom. The molecule has 3 heteroatoms. The highest BCUT2D eigenvalue weighted by atomic mass is 16.6. The number of hydrogen-bond acceptors (Lipinski definition) is 3. The number of carbonyl (C=O) groups is 1. The molecule has 0 saturated heterocycles. The normalized spacial score (nSPS) is 12.3. The Labute approximate surface area is 157 Å². The lowest BCUT2D eigenvalue weighted by Crippen LogP contribution is -2.31. The predicted molar refractivity (Wildman–Crippen MR) is 107 cm³/mol. The summed E-state index contributed by atoms with van der Waals surface area (Å²) in [4.78, 5) is 11.9. The lowest BCUT2D eigenvalue weighted by atomic mass is 9.95. The zero-order valence-corrected chi connectivity index (χ0v) is 16.8. The van der Waals surface area contributed by atoms with Crippen molar-refractivity contribution in [3.8, 4) is 0 Å². The van der Waals surface area contributed by atoms with Gasteiger partial charge >= 0.3 is 5.97 Å². The molecule has 0 saturated carbocycles. The first-order valence-electron chi connectivity index (χ1n) is 9.58. The van der Waals surface area contributed by atoms with E-state index >= 15 is 0 Å². The number of unbranched alkanes of at least 4 members (excludes halogenated alkanes) is 1. The van der Waals surface area contributed by atoms with Crippen molar-refractivity contribution in [2.24, 2.45) is 0 Å². The third-order valence-corrected chi connectivity index (χ3v) is 4.74. The highest BCUT2D eigenvalue weighted by Gasteiger charge is 2.26. The van der Waals surface area contributed by atoms with Gasteiger partial charge in [0.15, 0.2) is 0 Å². The number of fused-ring (bicyclic) bond motifs is 1. The van der Waals surface area contributed by atoms with Gasteiger partial charge < -0.3 is 9.47 Å². The summed E-state index contributed by atoms with van der Waals surface area (Å²) < 4.78 is 11.8. The fourth-order valence-corrected chi connectivity index (χ4v) is 2.93. The van der Waals surface area contributed by atoms with Crippen LogP contribution in [-0.2, 0) is 19.9 Å². The maximum absolute atomic E-state index is 11.9. The van der Waals surface area contributed by atoms with Crippen molar-refractivity contribution >= 4 is 16.7 Å². The summed E-state index contributed by atoms with van der Waals surface area (Å²) >= 11 is 0. The maximum Gasteiger partial charge on any atom is 0.306 e. The first-order valence-corrected chi connectivity index (χ1v) is 9.58. The third kappa shape index (κ3) is 5.84. The quantitative estimate of drug-likeness (QED) is 0.517. The topological polar surface area (TPSA) is 35.5 Å². The van der Waals surface area contributed by atoms with E-state index in [4.69, 9.17) is 9.47 Å². The monoisotopic (exact) mass is 356 g/mol. The molecule has 0 unspecified atom stereocenters. The molecule has 2 rings (SSSR count). The van der Waals surface area contributed by atoms with Gasteiger partial charge in [0.2, 0.25) is 0 Å². The molecular formula is C23H32O3. The van der Waals surface area contributed by atoms with Crippen LogP contribution in [0, 0.1) is 0 Å². The maximum atomic E-state index is 11.9. The molecule has 0 spiro atoms. The second kappa shape index (κ2) is 8.68. The summed E-state index contributed by atoms with van der Waals surface area (Å²) in [5, 5.41) is 2.44. The number of ether oxygens (including phenoxy) is 2. The second-order valence-electron chi connectivity index (χ2n) is 8.01. The number of carbonyl (C=O) groups excluding carboxylic acids is 1. The van der Waals surface area contributed by atoms with E-state index < -0.39 is 11.2 Å². The molecule has 0 radical (unpaired) electrons. The largest absolute Gasteiger partial charge is 0.460 e. The first-order chi connectivity index (χ1) is 12.2. The fourth-order valence-electron chi connectivity index (χ4n) is 2.93. The van der Waals surface area contributed by atoms with E-state index in [9.17, 15) is 4.79 Å². The van der Waals surface area contributed by atoms with Gasteiger partial charge in [-0.15, -0.1) is 0 Å². The van der Waals surface area contributed by atoms with Gasteiger partial charge in [0.25, 0.3) is 0 Å². The van der Waals surface area contributed by atoms with E-state index in [1.165, 1.54) is 10.8 Å². The molecule has 142 valence electrons. The summed E-state index contributed by atoms with van der Waals surface area (Å²) in [7, 11) is 0. The van der Waals surface area contributed by atoms with Crippen LogP contribution in [0.5, 0.6) is 0 Å². The number of rotatable bonds is 9. The zero-order valence-electron chi connectivity index (χ0n) is 16.8. The molecule has 0 heterocycles. The average molecular weight is 357 g/mol. The van der Waals surface area contributed by atoms with E-state index in [0.717, 1.165) is 18.4 Å². The van der Waals surface area contributed by atoms with E-state index in [2.05, 4.69) is 57.2 Å². The molecule has 0 aliphatic heterocycles. The van der Waals surface area contributed by atoms with Gasteiger partial charge in [-0.1, -0.05) is 49.7 Å². The summed E-state index contributed by atoms with van der Waals surface area (Å²) in [6, 6.07) is 14.8. The highest BCUT2D eigenvalue weighted by molar-refractivity contribution is 5.83. The Morgan fingerprint density at radius 2 is 1.69 bits per heavy atom. The van der Waals surface area contributed by atoms with Crippen molar-refractivity contribution in [2.45, 2.75) is 71.5 Å². The minimum Gasteiger partial charge on any atom is -0.460 e. The molecule has 0 fully saturated rings. The molecule has 2 aromatic carbocycles. The van der Waals surface area contributed by atoms with Crippen molar-refractivity contribution in [2.75, 3.05) is 6.61 Å². The highest BCUT2D eigenvalue weighted by Crippen LogP contribution is 2.29. The fraction of sp³-hybridized carbons (Fsp3) is 0.522. The molecule has 0 N–H and O–H groups in total. The van der Waals surface area contributed by atoms with Gasteiger partial charge in [-0.2, -0.15) is 0 Å². The van der Waals surface area contributed by atoms with Crippen LogP contribution >= 0.6 is 0 Å². The van der Waals surface area contributed by atoms with E-state index in [0.29, 0.717) is 19.4 Å². The minimum atomic E-state index is -0.510. The van der Waals surface area contributed by atoms with Gasteiger partial charge in [-0.05, 0) is 56.5 Å². The van der Waals surface area contributed by atoms with Crippen LogP contribution in [0.25, 0.3) is 10.8 Å². The van der Waals surface area contributed by atoms with Crippen LogP contribution in [0.2, 0.25) is 0 Å². The molecular weight excluding hydrogens is 324 g/mol. The van der Waals surface area contributed by atoms with Crippen LogP contribution < -0.4 is 0 Å². The average Bonchev–Trinajstić information content (AvgIpc) is 2.58. The van der Waals surface area contributed by atoms with Crippen LogP contribution in [0.4, 0.5) is 0 Å². The molecule has 0 amide bonds. The minimum absolute atomic E-state index is 0.120. The number of hydrogen-bond donors (Lipinski definition) is 0. The van der Waals surface area contributed by atoms with E-state index in [1.54, 1.807) is 0 Å². The predicted octanol–water partition coefficient (Wildman–Crippen LogP) is 5.99. The molecule has 26 heavy (non-hydrogen) atoms. The Balaban J connectivity index is 1.93. The molecule has 0 atom stereocenters. The molecule has 2 aromatic rings. The summed E-state index contributed by atoms with van der Waals surface area (Å²) in [5.41, 5.74) is 0.241. The van der Waals surface area contributed by atoms with Gasteiger partial charge in [-0.3, -0.25) is 4.79 Å². The Morgan fingerprint density at radius 3 is 2.38 bits per heavy atom. The third-order valence-electron chi connectivity index (χ3n) is 4.74. The van der Waals surface area contributed by atoms with E-state index in [-0.39, 0.29) is 5.97 Å². The van der Waals surface area contributed by atoms with Crippen molar-refractivity contribution in [1.29, 1.82) is 0 Å². The van der Waals surface area contributed by atoms with Crippen molar-refractivity contribution in [3.63, 3.8) is 0 Å². The number of benzene rings is 2. The van der Waals surface area contributed by atoms with Crippen molar-refractivity contribution < 1.29 is 14.3 Å². The summed E-state index contributed by atoms with van der Waals surface area (Å²) in [5.74, 6) is -0.120. The zero-order chi connectivity index (χ0) is 19.2. The van der Waals surface area contributed by atoms with Gasteiger partial charge in [0.05, 0.1) is 12.2 Å². The molecule has 0 aliphatic carbocycles. The Bertz CT molecular complexity index is 731. The molecule has 3 nitrogen and oxygen atoms in total. The SMILES string of the molecule is CCCCC(=O)OC(C)(C)CCOC(C)(C)c1ccc2ccccc2c1. The van der Waals surface area contributed by atoms with Crippen LogP contribution in [0.3, 0.4) is 0 Å². The van der Waals surface area contributed by atoms with Crippen LogP contribution in [0.1, 0.15) is 65.9 Å². The Kier molecular flexibility index (Phi) is 6.82. The lowest BCUT2D eigenvalue weighted by Gasteiger charge is -2.30. The summed E-state index contributed by atoms with van der Waals surface area (Å²) in [6.45, 7) is 10.7. The van der Waals surface area contributed by atoms with Gasteiger partial charge in [0, 0.05) is 12.8 Å². The smallest absolute Gasteiger partial charge is 0.306 e. The van der Waals surface area contributed by atoms with E-state index in [1.807, 2.05) is 19.9 Å². The second-order valence-corrected chi connectivity index (χ2v) is 8.01. The summed E-state index contributed by atoms with van der Waals surface area (Å²) in [6.07, 6.45) is 3.03. The van der Waals surface area contributed by atoms with Gasteiger partial charge in [0.1, 0.15) is 5.60 Å². The first kappa shape index (κ1) is 20.4. The van der Waals surface area contributed by atoms with Crippen molar-refractivity contribution in [1.82, 2.24) is 0 Å².